The van der Waals surface area contributed by atoms with Crippen LogP contribution in [0.5, 0.6) is 0 Å². The maximum atomic E-state index is 13.3. The molecule has 1 aliphatic rings. The van der Waals surface area contributed by atoms with Crippen molar-refractivity contribution in [1.29, 1.82) is 0 Å². The normalized spacial score (nSPS) is 20.1. The van der Waals surface area contributed by atoms with E-state index >= 15 is 0 Å². The number of pyridine rings is 2. The van der Waals surface area contributed by atoms with Gasteiger partial charge in [-0.25, -0.2) is 9.78 Å². The van der Waals surface area contributed by atoms with E-state index in [4.69, 9.17) is 8.84 Å². The first-order valence-corrected chi connectivity index (χ1v) is 16.6. The molecule has 3 N–H and O–H groups in total. The maximum Gasteiger partial charge on any atom is 0.405 e. The second kappa shape index (κ2) is 11.2. The lowest BCUT2D eigenvalue weighted by molar-refractivity contribution is 0.0722. The summed E-state index contributed by atoms with van der Waals surface area (Å²) >= 11 is 0. The molecule has 40 heavy (non-hydrogen) atoms. The summed E-state index contributed by atoms with van der Waals surface area (Å²) < 4.78 is 12.3. The number of anilines is 2. The van der Waals surface area contributed by atoms with Crippen LogP contribution < -0.4 is 15.5 Å². The summed E-state index contributed by atoms with van der Waals surface area (Å²) in [5, 5.41) is 15.3. The molecule has 0 saturated carbocycles. The number of piperidine rings is 1. The van der Waals surface area contributed by atoms with Crippen LogP contribution in [0, 0.1) is 5.92 Å². The van der Waals surface area contributed by atoms with E-state index in [0.29, 0.717) is 29.9 Å². The lowest BCUT2D eigenvalue weighted by Crippen LogP contribution is -2.62. The van der Waals surface area contributed by atoms with Gasteiger partial charge in [-0.2, -0.15) is 0 Å². The monoisotopic (exact) mass is 567 g/mol. The van der Waals surface area contributed by atoms with Crippen LogP contribution >= 0.6 is 0 Å². The Labute approximate surface area is 236 Å². The number of rotatable bonds is 7. The van der Waals surface area contributed by atoms with Crippen molar-refractivity contribution in [3.8, 4) is 0 Å². The van der Waals surface area contributed by atoms with Crippen molar-refractivity contribution in [3.63, 3.8) is 0 Å². The number of nitrogens with one attached hydrogen (secondary N) is 2. The molecule has 0 spiro atoms. The Morgan fingerprint density at radius 2 is 1.93 bits per heavy atom. The Morgan fingerprint density at radius 1 is 1.20 bits per heavy atom. The number of carbonyl (C=O) groups excluding carboxylic acids is 1. The van der Waals surface area contributed by atoms with Gasteiger partial charge in [-0.05, 0) is 42.2 Å². The predicted octanol–water partition coefficient (Wildman–Crippen LogP) is 6.08. The van der Waals surface area contributed by atoms with Crippen molar-refractivity contribution < 1.29 is 23.5 Å². The molecule has 3 atom stereocenters. The molecule has 0 bridgehead atoms. The molecule has 0 aromatic carbocycles. The fraction of sp³-hybridized carbons (Fsp3) is 0.517. The van der Waals surface area contributed by atoms with Crippen LogP contribution in [0.2, 0.25) is 18.1 Å². The summed E-state index contributed by atoms with van der Waals surface area (Å²) in [6.07, 6.45) is 3.59. The molecular formula is C29H41N5O5Si. The Bertz CT molecular complexity index is 1380. The molecule has 1 saturated heterocycles. The number of hydrogen-bond acceptors (Lipinski definition) is 7. The number of carbonyl (C=O) groups is 2. The Hall–Kier alpha value is -3.44. The number of aromatic nitrogens is 2. The average molecular weight is 568 g/mol. The minimum Gasteiger partial charge on any atom is -0.465 e. The lowest BCUT2D eigenvalue weighted by Gasteiger charge is -2.48. The van der Waals surface area contributed by atoms with E-state index in [-0.39, 0.29) is 34.6 Å². The van der Waals surface area contributed by atoms with Crippen LogP contribution in [0.15, 0.2) is 41.3 Å². The third-order valence-electron chi connectivity index (χ3n) is 8.11. The number of furan rings is 1. The summed E-state index contributed by atoms with van der Waals surface area (Å²) in [5.41, 5.74) is 3.80. The van der Waals surface area contributed by atoms with E-state index in [0.717, 1.165) is 11.3 Å². The van der Waals surface area contributed by atoms with Gasteiger partial charge in [-0.1, -0.05) is 41.5 Å². The zero-order valence-corrected chi connectivity index (χ0v) is 25.6. The second-order valence-corrected chi connectivity index (χ2v) is 17.3. The fourth-order valence-electron chi connectivity index (χ4n) is 4.87. The van der Waals surface area contributed by atoms with E-state index in [1.165, 1.54) is 0 Å². The maximum absolute atomic E-state index is 13.3. The molecule has 4 rings (SSSR count). The van der Waals surface area contributed by atoms with Crippen molar-refractivity contribution >= 4 is 42.8 Å². The van der Waals surface area contributed by atoms with Crippen molar-refractivity contribution in [3.05, 3.63) is 48.1 Å². The molecule has 3 aromatic rings. The molecule has 2 amide bonds. The van der Waals surface area contributed by atoms with E-state index < -0.39 is 20.5 Å². The SMILES string of the molecule is CC(C)c1coc2ccc(C(=O)Nc3cnccc3N3C[C@H](C)[C@H](O[Si](C)(C)C(C)(C)C)[C@H](NC(=O)O)C3)nc12. The van der Waals surface area contributed by atoms with Gasteiger partial charge in [-0.15, -0.1) is 0 Å². The minimum atomic E-state index is -2.16. The second-order valence-electron chi connectivity index (χ2n) is 12.5. The Balaban J connectivity index is 1.59. The highest BCUT2D eigenvalue weighted by atomic mass is 28.4. The smallest absolute Gasteiger partial charge is 0.405 e. The molecule has 1 fully saturated rings. The molecular weight excluding hydrogens is 526 g/mol. The molecule has 3 aromatic heterocycles. The van der Waals surface area contributed by atoms with Gasteiger partial charge in [-0.3, -0.25) is 9.78 Å². The summed E-state index contributed by atoms with van der Waals surface area (Å²) in [5.74, 6) is -0.137. The molecule has 1 aliphatic heterocycles. The van der Waals surface area contributed by atoms with Crippen molar-refractivity contribution in [2.45, 2.75) is 77.7 Å². The van der Waals surface area contributed by atoms with Crippen LogP contribution in [0.1, 0.15) is 63.5 Å². The van der Waals surface area contributed by atoms with E-state index in [2.05, 4.69) is 80.1 Å². The van der Waals surface area contributed by atoms with Gasteiger partial charge in [0.2, 0.25) is 0 Å². The van der Waals surface area contributed by atoms with Gasteiger partial charge in [0.05, 0.1) is 36.0 Å². The largest absolute Gasteiger partial charge is 0.465 e. The summed E-state index contributed by atoms with van der Waals surface area (Å²) in [6.45, 7) is 18.1. The zero-order chi connectivity index (χ0) is 29.4. The predicted molar refractivity (Wildman–Crippen MR) is 159 cm³/mol. The highest BCUT2D eigenvalue weighted by molar-refractivity contribution is 6.74. The van der Waals surface area contributed by atoms with E-state index in [9.17, 15) is 14.7 Å². The Morgan fingerprint density at radius 3 is 2.58 bits per heavy atom. The molecule has 11 heteroatoms. The number of nitrogens with zero attached hydrogens (tertiary/aromatic N) is 3. The van der Waals surface area contributed by atoms with Gasteiger partial charge in [0.1, 0.15) is 11.2 Å². The van der Waals surface area contributed by atoms with Gasteiger partial charge in [0.15, 0.2) is 13.9 Å². The zero-order valence-electron chi connectivity index (χ0n) is 24.6. The minimum absolute atomic E-state index is 0.0103. The van der Waals surface area contributed by atoms with E-state index in [1.54, 1.807) is 30.8 Å². The highest BCUT2D eigenvalue weighted by Crippen LogP contribution is 2.40. The van der Waals surface area contributed by atoms with Gasteiger partial charge in [0, 0.05) is 30.8 Å². The summed E-state index contributed by atoms with van der Waals surface area (Å²) in [6, 6.07) is 4.77. The van der Waals surface area contributed by atoms with Crippen molar-refractivity contribution in [2.75, 3.05) is 23.3 Å². The highest BCUT2D eigenvalue weighted by Gasteiger charge is 2.45. The molecule has 4 heterocycles. The van der Waals surface area contributed by atoms with Crippen molar-refractivity contribution in [2.24, 2.45) is 5.92 Å². The topological polar surface area (TPSA) is 130 Å². The fourth-order valence-corrected chi connectivity index (χ4v) is 6.31. The third kappa shape index (κ3) is 6.15. The average Bonchev–Trinajstić information content (AvgIpc) is 3.29. The van der Waals surface area contributed by atoms with Gasteiger partial charge >= 0.3 is 6.09 Å². The first kappa shape index (κ1) is 29.5. The van der Waals surface area contributed by atoms with Crippen LogP contribution in [0.25, 0.3) is 11.1 Å². The molecule has 0 unspecified atom stereocenters. The molecule has 10 nitrogen and oxygen atoms in total. The molecule has 216 valence electrons. The van der Waals surface area contributed by atoms with E-state index in [1.807, 2.05) is 6.07 Å². The van der Waals surface area contributed by atoms with Gasteiger partial charge in [0.25, 0.3) is 5.91 Å². The lowest BCUT2D eigenvalue weighted by atomic mass is 9.92. The van der Waals surface area contributed by atoms with Crippen molar-refractivity contribution in [1.82, 2.24) is 15.3 Å². The number of carboxylic acid groups (broad SMARTS) is 1. The third-order valence-corrected chi connectivity index (χ3v) is 12.6. The Kier molecular flexibility index (Phi) is 8.27. The van der Waals surface area contributed by atoms with Crippen LogP contribution in [0.4, 0.5) is 16.2 Å². The van der Waals surface area contributed by atoms with Crippen LogP contribution in [-0.2, 0) is 4.43 Å². The molecule has 0 aliphatic carbocycles. The number of fused-ring (bicyclic) bond motifs is 1. The van der Waals surface area contributed by atoms with Crippen LogP contribution in [0.3, 0.4) is 0 Å². The first-order valence-electron chi connectivity index (χ1n) is 13.7. The number of hydrogen-bond donors (Lipinski definition) is 3. The number of amides is 2. The quantitative estimate of drug-likeness (QED) is 0.293. The first-order chi connectivity index (χ1) is 18.7. The van der Waals surface area contributed by atoms with Gasteiger partial charge < -0.3 is 29.5 Å². The summed E-state index contributed by atoms with van der Waals surface area (Å²) in [4.78, 5) is 36.0. The summed E-state index contributed by atoms with van der Waals surface area (Å²) in [7, 11) is -2.16. The standard InChI is InChI=1S/C29H41N5O5Si/c1-17(2)19-16-38-24-10-9-20(31-25(19)24)27(35)32-21-13-30-12-11-23(21)34-14-18(3)26(22(15-34)33-28(36)37)39-40(7,8)29(4,5)6/h9-13,16-18,22,26,33H,14-15H2,1-8H3,(H,32,35)(H,36,37)/t18-,22+,26-/m0/s1. The van der Waals surface area contributed by atoms with Crippen LogP contribution in [-0.4, -0.2) is 60.6 Å². The molecule has 0 radical (unpaired) electrons.